The maximum Gasteiger partial charge on any atom is 0.131 e. The predicted octanol–water partition coefficient (Wildman–Crippen LogP) is 3.56. The zero-order valence-electron chi connectivity index (χ0n) is 12.3. The van der Waals surface area contributed by atoms with Gasteiger partial charge in [-0.25, -0.2) is 4.39 Å². The lowest BCUT2D eigenvalue weighted by molar-refractivity contribution is 0.336. The van der Waals surface area contributed by atoms with E-state index in [1.165, 1.54) is 6.07 Å². The van der Waals surface area contributed by atoms with Crippen molar-refractivity contribution < 1.29 is 9.13 Å². The van der Waals surface area contributed by atoms with Gasteiger partial charge < -0.3 is 4.74 Å². The van der Waals surface area contributed by atoms with Crippen molar-refractivity contribution >= 4 is 0 Å². The molecule has 0 spiro atoms. The van der Waals surface area contributed by atoms with Crippen LogP contribution >= 0.6 is 0 Å². The average Bonchev–Trinajstić information content (AvgIpc) is 2.34. The molecule has 1 atom stereocenters. The molecule has 0 radical (unpaired) electrons. The third-order valence-electron chi connectivity index (χ3n) is 3.20. The molecule has 1 rings (SSSR count). The summed E-state index contributed by atoms with van der Waals surface area (Å²) in [6, 6.07) is 4.61. The predicted molar refractivity (Wildman–Crippen MR) is 76.3 cm³/mol. The van der Waals surface area contributed by atoms with Gasteiger partial charge in [0, 0.05) is 5.56 Å². The highest BCUT2D eigenvalue weighted by molar-refractivity contribution is 5.37. The number of ether oxygens (including phenoxy) is 1. The molecular weight excluding hydrogens is 243 g/mol. The van der Waals surface area contributed by atoms with E-state index in [1.807, 2.05) is 0 Å². The number of hydrazine groups is 1. The van der Waals surface area contributed by atoms with E-state index in [1.54, 1.807) is 19.2 Å². The first-order chi connectivity index (χ1) is 8.89. The Labute approximate surface area is 115 Å². The number of rotatable bonds is 6. The van der Waals surface area contributed by atoms with Crippen LogP contribution in [0.5, 0.6) is 5.75 Å². The van der Waals surface area contributed by atoms with Gasteiger partial charge in [-0.15, -0.1) is 0 Å². The van der Waals surface area contributed by atoms with E-state index in [4.69, 9.17) is 10.6 Å². The minimum Gasteiger partial charge on any atom is -0.496 e. The van der Waals surface area contributed by atoms with Crippen LogP contribution < -0.4 is 16.0 Å². The highest BCUT2D eigenvalue weighted by atomic mass is 19.1. The molecule has 0 bridgehead atoms. The molecule has 19 heavy (non-hydrogen) atoms. The quantitative estimate of drug-likeness (QED) is 0.612. The van der Waals surface area contributed by atoms with Crippen LogP contribution in [-0.4, -0.2) is 7.11 Å². The first kappa shape index (κ1) is 15.9. The van der Waals surface area contributed by atoms with E-state index < -0.39 is 0 Å². The molecular formula is C15H25FN2O. The van der Waals surface area contributed by atoms with Gasteiger partial charge in [0.1, 0.15) is 11.6 Å². The molecule has 3 nitrogen and oxygen atoms in total. The van der Waals surface area contributed by atoms with Gasteiger partial charge in [-0.3, -0.25) is 11.3 Å². The van der Waals surface area contributed by atoms with Crippen LogP contribution in [0, 0.1) is 11.2 Å². The zero-order chi connectivity index (χ0) is 14.5. The molecule has 0 heterocycles. The Morgan fingerprint density at radius 2 is 2.05 bits per heavy atom. The summed E-state index contributed by atoms with van der Waals surface area (Å²) < 4.78 is 19.2. The van der Waals surface area contributed by atoms with Crippen LogP contribution in [0.4, 0.5) is 4.39 Å². The molecule has 0 fully saturated rings. The van der Waals surface area contributed by atoms with Gasteiger partial charge in [-0.1, -0.05) is 33.3 Å². The number of hydrogen-bond donors (Lipinski definition) is 2. The van der Waals surface area contributed by atoms with Crippen LogP contribution in [0.3, 0.4) is 0 Å². The molecule has 0 aliphatic carbocycles. The van der Waals surface area contributed by atoms with Crippen LogP contribution in [0.1, 0.15) is 51.6 Å². The average molecular weight is 268 g/mol. The summed E-state index contributed by atoms with van der Waals surface area (Å²) in [6.45, 7) is 6.59. The van der Waals surface area contributed by atoms with Crippen molar-refractivity contribution in [1.29, 1.82) is 0 Å². The number of hydrogen-bond acceptors (Lipinski definition) is 3. The fourth-order valence-electron chi connectivity index (χ4n) is 2.18. The first-order valence-corrected chi connectivity index (χ1v) is 6.67. The van der Waals surface area contributed by atoms with E-state index in [0.717, 1.165) is 19.3 Å². The monoisotopic (exact) mass is 268 g/mol. The number of benzene rings is 1. The van der Waals surface area contributed by atoms with Crippen LogP contribution in [-0.2, 0) is 0 Å². The van der Waals surface area contributed by atoms with Gasteiger partial charge in [-0.2, -0.15) is 0 Å². The van der Waals surface area contributed by atoms with Crippen LogP contribution in [0.15, 0.2) is 18.2 Å². The van der Waals surface area contributed by atoms with Crippen molar-refractivity contribution in [2.24, 2.45) is 11.3 Å². The van der Waals surface area contributed by atoms with E-state index in [0.29, 0.717) is 11.3 Å². The second-order valence-corrected chi connectivity index (χ2v) is 6.03. The fraction of sp³-hybridized carbons (Fsp3) is 0.600. The summed E-state index contributed by atoms with van der Waals surface area (Å²) in [4.78, 5) is 0. The SMILES string of the molecule is COc1cccc(F)c1C(CCCC(C)(C)C)NN. The first-order valence-electron chi connectivity index (χ1n) is 6.67. The van der Waals surface area contributed by atoms with Gasteiger partial charge in [0.2, 0.25) is 0 Å². The number of nitrogens with two attached hydrogens (primary N) is 1. The van der Waals surface area contributed by atoms with Gasteiger partial charge in [0.25, 0.3) is 0 Å². The summed E-state index contributed by atoms with van der Waals surface area (Å²) >= 11 is 0. The highest BCUT2D eigenvalue weighted by Gasteiger charge is 2.20. The standard InChI is InChI=1S/C15H25FN2O/c1-15(2,3)10-6-8-12(18-17)14-11(16)7-5-9-13(14)19-4/h5,7,9,12,18H,6,8,10,17H2,1-4H3. The van der Waals surface area contributed by atoms with Crippen molar-refractivity contribution in [1.82, 2.24) is 5.43 Å². The Balaban J connectivity index is 2.80. The van der Waals surface area contributed by atoms with E-state index in [2.05, 4.69) is 26.2 Å². The molecule has 0 saturated carbocycles. The molecule has 0 aromatic heterocycles. The molecule has 1 aromatic carbocycles. The second kappa shape index (κ2) is 6.87. The zero-order valence-corrected chi connectivity index (χ0v) is 12.3. The second-order valence-electron chi connectivity index (χ2n) is 6.03. The Morgan fingerprint density at radius 3 is 2.58 bits per heavy atom. The lowest BCUT2D eigenvalue weighted by Gasteiger charge is -2.22. The fourth-order valence-corrected chi connectivity index (χ4v) is 2.18. The van der Waals surface area contributed by atoms with E-state index in [9.17, 15) is 4.39 Å². The van der Waals surface area contributed by atoms with Gasteiger partial charge >= 0.3 is 0 Å². The minimum absolute atomic E-state index is 0.224. The smallest absolute Gasteiger partial charge is 0.131 e. The highest BCUT2D eigenvalue weighted by Crippen LogP contribution is 2.32. The maximum atomic E-state index is 14.0. The Kier molecular flexibility index (Phi) is 5.76. The summed E-state index contributed by atoms with van der Waals surface area (Å²) in [7, 11) is 1.54. The number of methoxy groups -OCH3 is 1. The molecule has 1 aromatic rings. The summed E-state index contributed by atoms with van der Waals surface area (Å²) in [6.07, 6.45) is 2.84. The molecule has 1 unspecified atom stereocenters. The number of nitrogens with one attached hydrogen (secondary N) is 1. The van der Waals surface area contributed by atoms with Crippen LogP contribution in [0.2, 0.25) is 0 Å². The molecule has 0 aliphatic rings. The van der Waals surface area contributed by atoms with Gasteiger partial charge in [0.05, 0.1) is 13.2 Å². The van der Waals surface area contributed by atoms with E-state index >= 15 is 0 Å². The third kappa shape index (κ3) is 4.80. The Hall–Kier alpha value is -1.13. The maximum absolute atomic E-state index is 14.0. The lowest BCUT2D eigenvalue weighted by Crippen LogP contribution is -2.29. The molecule has 4 heteroatoms. The Bertz CT molecular complexity index is 402. The molecule has 0 amide bonds. The Morgan fingerprint density at radius 1 is 1.37 bits per heavy atom. The molecule has 3 N–H and O–H groups in total. The van der Waals surface area contributed by atoms with Crippen molar-refractivity contribution in [3.8, 4) is 5.75 Å². The van der Waals surface area contributed by atoms with Crippen LogP contribution in [0.25, 0.3) is 0 Å². The largest absolute Gasteiger partial charge is 0.496 e. The number of halogens is 1. The summed E-state index contributed by atoms with van der Waals surface area (Å²) in [5, 5.41) is 0. The van der Waals surface area contributed by atoms with Crippen molar-refractivity contribution in [2.45, 2.75) is 46.1 Å². The minimum atomic E-state index is -0.280. The lowest BCUT2D eigenvalue weighted by atomic mass is 9.88. The van der Waals surface area contributed by atoms with Crippen molar-refractivity contribution in [3.63, 3.8) is 0 Å². The molecule has 0 saturated heterocycles. The van der Waals surface area contributed by atoms with Crippen molar-refractivity contribution in [3.05, 3.63) is 29.6 Å². The normalized spacial score (nSPS) is 13.4. The molecule has 108 valence electrons. The van der Waals surface area contributed by atoms with Gasteiger partial charge in [0.15, 0.2) is 0 Å². The van der Waals surface area contributed by atoms with E-state index in [-0.39, 0.29) is 17.3 Å². The molecule has 0 aliphatic heterocycles. The third-order valence-corrected chi connectivity index (χ3v) is 3.20. The summed E-state index contributed by atoms with van der Waals surface area (Å²) in [5.41, 5.74) is 3.49. The van der Waals surface area contributed by atoms with Crippen molar-refractivity contribution in [2.75, 3.05) is 7.11 Å². The summed E-state index contributed by atoms with van der Waals surface area (Å²) in [5.74, 6) is 5.84. The van der Waals surface area contributed by atoms with Gasteiger partial charge in [-0.05, 0) is 30.4 Å². The topological polar surface area (TPSA) is 47.3 Å².